The Morgan fingerprint density at radius 1 is 1.69 bits per heavy atom. The molecule has 0 aliphatic carbocycles. The Morgan fingerprint density at radius 3 is 3.00 bits per heavy atom. The number of nitrogens with zero attached hydrogens (tertiary/aromatic N) is 1. The predicted octanol–water partition coefficient (Wildman–Crippen LogP) is 0.375. The van der Waals surface area contributed by atoms with E-state index >= 15 is 0 Å². The van der Waals surface area contributed by atoms with E-state index in [0.717, 1.165) is 16.7 Å². The zero-order chi connectivity index (χ0) is 9.64. The third-order valence-electron chi connectivity index (χ3n) is 1.89. The first kappa shape index (κ1) is 9.42. The summed E-state index contributed by atoms with van der Waals surface area (Å²) >= 11 is 2.56. The van der Waals surface area contributed by atoms with Crippen molar-refractivity contribution in [1.29, 1.82) is 0 Å². The zero-order valence-electron chi connectivity index (χ0n) is 6.80. The molecule has 0 spiro atoms. The summed E-state index contributed by atoms with van der Waals surface area (Å²) < 4.78 is 22.5. The van der Waals surface area contributed by atoms with E-state index in [1.807, 2.05) is 6.26 Å². The Kier molecular flexibility index (Phi) is 2.12. The molecule has 0 aromatic rings. The Labute approximate surface area is 85.0 Å². The van der Waals surface area contributed by atoms with Crippen LogP contribution in [0.1, 0.15) is 0 Å². The molecule has 2 heterocycles. The number of fused-ring (bicyclic) bond motifs is 1. The van der Waals surface area contributed by atoms with Crippen LogP contribution in [0.5, 0.6) is 0 Å². The Bertz CT molecular complexity index is 398. The second-order valence-electron chi connectivity index (χ2n) is 2.71. The molecule has 0 aromatic heterocycles. The Balaban J connectivity index is 2.44. The summed E-state index contributed by atoms with van der Waals surface area (Å²) in [5.41, 5.74) is 5.48. The molecule has 2 N–H and O–H groups in total. The molecule has 2 atom stereocenters. The van der Waals surface area contributed by atoms with Gasteiger partial charge in [-0.25, -0.2) is 8.42 Å². The van der Waals surface area contributed by atoms with Crippen LogP contribution in [0, 0.1) is 0 Å². The maximum atomic E-state index is 11.5. The van der Waals surface area contributed by atoms with Crippen molar-refractivity contribution in [1.82, 2.24) is 0 Å². The summed E-state index contributed by atoms with van der Waals surface area (Å²) in [5, 5.41) is 1.69. The van der Waals surface area contributed by atoms with Crippen LogP contribution in [0.2, 0.25) is 0 Å². The zero-order valence-corrected chi connectivity index (χ0v) is 9.25. The summed E-state index contributed by atoms with van der Waals surface area (Å²) in [6.07, 6.45) is 1.85. The number of rotatable bonds is 1. The summed E-state index contributed by atoms with van der Waals surface area (Å²) in [4.78, 5) is 4.88. The molecule has 0 radical (unpaired) electrons. The van der Waals surface area contributed by atoms with Crippen LogP contribution >= 0.6 is 23.5 Å². The molecule has 7 heteroatoms. The highest BCUT2D eigenvalue weighted by atomic mass is 32.3. The van der Waals surface area contributed by atoms with Gasteiger partial charge in [0.2, 0.25) is 0 Å². The van der Waals surface area contributed by atoms with Crippen LogP contribution in [0.3, 0.4) is 0 Å². The van der Waals surface area contributed by atoms with Crippen molar-refractivity contribution in [2.75, 3.05) is 6.26 Å². The largest absolute Gasteiger partial charge is 0.378 e. The van der Waals surface area contributed by atoms with Crippen molar-refractivity contribution in [3.63, 3.8) is 0 Å². The highest BCUT2D eigenvalue weighted by Gasteiger charge is 2.45. The molecule has 0 aromatic carbocycles. The van der Waals surface area contributed by atoms with Gasteiger partial charge in [0.05, 0.1) is 0 Å². The minimum Gasteiger partial charge on any atom is -0.378 e. The molecule has 4 nitrogen and oxygen atoms in total. The van der Waals surface area contributed by atoms with Gasteiger partial charge in [-0.1, -0.05) is 11.8 Å². The molecular formula is C6H8N2O2S3. The average Bonchev–Trinajstić information content (AvgIpc) is 2.51. The molecule has 0 fully saturated rings. The van der Waals surface area contributed by atoms with Gasteiger partial charge >= 0.3 is 0 Å². The van der Waals surface area contributed by atoms with Crippen molar-refractivity contribution in [2.45, 2.75) is 10.6 Å². The number of hydrogen-bond acceptors (Lipinski definition) is 6. The van der Waals surface area contributed by atoms with Crippen molar-refractivity contribution in [3.05, 3.63) is 10.3 Å². The fourth-order valence-electron chi connectivity index (χ4n) is 1.32. The number of hydrogen-bond donors (Lipinski definition) is 1. The maximum absolute atomic E-state index is 11.5. The number of thioether (sulfide) groups is 2. The lowest BCUT2D eigenvalue weighted by Crippen LogP contribution is -2.19. The first-order chi connectivity index (χ1) is 6.04. The lowest BCUT2D eigenvalue weighted by Gasteiger charge is -2.06. The molecule has 13 heavy (non-hydrogen) atoms. The molecule has 0 bridgehead atoms. The first-order valence-corrected chi connectivity index (χ1v) is 7.25. The molecule has 0 saturated heterocycles. The van der Waals surface area contributed by atoms with Crippen LogP contribution in [0.4, 0.5) is 0 Å². The second-order valence-corrected chi connectivity index (χ2v) is 6.97. The van der Waals surface area contributed by atoms with Gasteiger partial charge in [-0.15, -0.1) is 11.8 Å². The number of sulfone groups is 1. The Morgan fingerprint density at radius 2 is 2.38 bits per heavy atom. The van der Waals surface area contributed by atoms with Crippen molar-refractivity contribution in [2.24, 2.45) is 10.7 Å². The van der Waals surface area contributed by atoms with Gasteiger partial charge in [0, 0.05) is 10.3 Å². The van der Waals surface area contributed by atoms with Crippen LogP contribution in [-0.4, -0.2) is 30.5 Å². The topological polar surface area (TPSA) is 72.5 Å². The van der Waals surface area contributed by atoms with E-state index in [1.165, 1.54) is 17.2 Å². The third kappa shape index (κ3) is 1.38. The summed E-state index contributed by atoms with van der Waals surface area (Å²) in [7, 11) is -3.13. The van der Waals surface area contributed by atoms with E-state index in [9.17, 15) is 8.42 Å². The lowest BCUT2D eigenvalue weighted by atomic mass is 10.3. The number of amidine groups is 1. The fraction of sp³-hybridized carbons (Fsp3) is 0.500. The number of nitrogens with two attached hydrogens (primary N) is 1. The maximum Gasteiger partial charge on any atom is 0.187 e. The van der Waals surface area contributed by atoms with E-state index in [1.54, 1.807) is 0 Å². The third-order valence-corrected chi connectivity index (χ3v) is 6.29. The van der Waals surface area contributed by atoms with Gasteiger partial charge in [0.15, 0.2) is 15.0 Å². The number of aliphatic imine (C=N–C) groups is 1. The van der Waals surface area contributed by atoms with Gasteiger partial charge in [0.25, 0.3) is 0 Å². The summed E-state index contributed by atoms with van der Waals surface area (Å²) in [5.74, 6) is 0. The molecule has 2 aliphatic heterocycles. The summed E-state index contributed by atoms with van der Waals surface area (Å²) in [6.45, 7) is 0. The monoisotopic (exact) mass is 236 g/mol. The lowest BCUT2D eigenvalue weighted by molar-refractivity contribution is 0.602. The van der Waals surface area contributed by atoms with Gasteiger partial charge in [0.1, 0.15) is 10.6 Å². The van der Waals surface area contributed by atoms with E-state index in [-0.39, 0.29) is 6.04 Å². The summed E-state index contributed by atoms with van der Waals surface area (Å²) in [6, 6.07) is -0.259. The predicted molar refractivity (Wildman–Crippen MR) is 57.3 cm³/mol. The fourth-order valence-corrected chi connectivity index (χ4v) is 5.63. The molecule has 0 unspecified atom stereocenters. The smallest absolute Gasteiger partial charge is 0.187 e. The van der Waals surface area contributed by atoms with E-state index < -0.39 is 14.4 Å². The highest BCUT2D eigenvalue weighted by molar-refractivity contribution is 8.24. The van der Waals surface area contributed by atoms with Gasteiger partial charge in [-0.3, -0.25) is 4.99 Å². The van der Waals surface area contributed by atoms with Crippen molar-refractivity contribution < 1.29 is 8.42 Å². The molecule has 2 aliphatic rings. The Hall–Kier alpha value is -0.140. The van der Waals surface area contributed by atoms with Crippen molar-refractivity contribution in [3.8, 4) is 0 Å². The molecule has 0 amide bonds. The van der Waals surface area contributed by atoms with Crippen LogP contribution in [-0.2, 0) is 9.84 Å². The minimum atomic E-state index is -3.13. The van der Waals surface area contributed by atoms with E-state index in [0.29, 0.717) is 5.17 Å². The molecular weight excluding hydrogens is 228 g/mol. The van der Waals surface area contributed by atoms with Gasteiger partial charge < -0.3 is 5.73 Å². The normalized spacial score (nSPS) is 35.5. The van der Waals surface area contributed by atoms with Crippen LogP contribution < -0.4 is 5.73 Å². The average molecular weight is 236 g/mol. The quantitative estimate of drug-likeness (QED) is 0.712. The minimum absolute atomic E-state index is 0.259. The van der Waals surface area contributed by atoms with Gasteiger partial charge in [-0.05, 0) is 6.26 Å². The molecule has 2 rings (SSSR count). The van der Waals surface area contributed by atoms with E-state index in [2.05, 4.69) is 4.99 Å². The van der Waals surface area contributed by atoms with Crippen LogP contribution in [0.15, 0.2) is 15.3 Å². The molecule has 72 valence electrons. The van der Waals surface area contributed by atoms with E-state index in [4.69, 9.17) is 5.73 Å². The second kappa shape index (κ2) is 2.93. The molecule has 0 saturated carbocycles. The first-order valence-electron chi connectivity index (χ1n) is 3.54. The SMILES string of the molecule is CSC1=CS(=O)(=O)[C@@H]2SC(N)=N[C@@H]12. The van der Waals surface area contributed by atoms with Gasteiger partial charge in [-0.2, -0.15) is 0 Å². The highest BCUT2D eigenvalue weighted by Crippen LogP contribution is 2.42. The van der Waals surface area contributed by atoms with Crippen LogP contribution in [0.25, 0.3) is 0 Å². The standard InChI is InChI=1S/C6H8N2O2S3/c1-11-3-2-13(9,10)5-4(3)8-6(7)12-5/h2,4-5H,1H3,(H2,7,8)/t4-,5-/m0/s1. The van der Waals surface area contributed by atoms with Crippen molar-refractivity contribution >= 4 is 38.5 Å².